The molecule has 7 nitrogen and oxygen atoms in total. The Kier molecular flexibility index (Phi) is 4.42. The van der Waals surface area contributed by atoms with Gasteiger partial charge in [-0.15, -0.1) is 0 Å². The fourth-order valence-corrected chi connectivity index (χ4v) is 3.19. The number of aryl methyl sites for hydroxylation is 1. The normalized spacial score (nSPS) is 25.9. The van der Waals surface area contributed by atoms with Crippen LogP contribution in [0.5, 0.6) is 0 Å². The molecule has 0 aliphatic carbocycles. The molecule has 0 aromatic carbocycles. The number of piperazine rings is 1. The van der Waals surface area contributed by atoms with Crippen LogP contribution < -0.4 is 5.32 Å². The average Bonchev–Trinajstić information content (AvgIpc) is 3.02. The fourth-order valence-electron chi connectivity index (χ4n) is 3.19. The van der Waals surface area contributed by atoms with Gasteiger partial charge in [0.05, 0.1) is 12.5 Å². The molecule has 1 aromatic heterocycles. The van der Waals surface area contributed by atoms with Crippen molar-refractivity contribution in [3.63, 3.8) is 0 Å². The van der Waals surface area contributed by atoms with Crippen LogP contribution >= 0.6 is 0 Å². The molecule has 0 radical (unpaired) electrons. The summed E-state index contributed by atoms with van der Waals surface area (Å²) < 4.78 is 7.90. The summed E-state index contributed by atoms with van der Waals surface area (Å²) in [4.78, 5) is 30.4. The van der Waals surface area contributed by atoms with Gasteiger partial charge in [-0.25, -0.2) is 4.98 Å². The summed E-state index contributed by atoms with van der Waals surface area (Å²) in [5, 5.41) is 2.75. The second-order valence-electron chi connectivity index (χ2n) is 5.72. The Labute approximate surface area is 129 Å². The highest BCUT2D eigenvalue weighted by molar-refractivity contribution is 5.87. The van der Waals surface area contributed by atoms with E-state index in [1.165, 1.54) is 0 Å². The minimum absolute atomic E-state index is 0.00482. The van der Waals surface area contributed by atoms with Crippen molar-refractivity contribution in [3.8, 4) is 0 Å². The number of nitrogens with zero attached hydrogens (tertiary/aromatic N) is 3. The molecular formula is C15H22N4O3. The molecule has 2 atom stereocenters. The molecule has 2 fully saturated rings. The van der Waals surface area contributed by atoms with E-state index in [1.807, 2.05) is 17.7 Å². The maximum Gasteiger partial charge on any atom is 0.239 e. The summed E-state index contributed by atoms with van der Waals surface area (Å²) in [5.41, 5.74) is 0. The smallest absolute Gasteiger partial charge is 0.239 e. The van der Waals surface area contributed by atoms with Crippen LogP contribution in [0.4, 0.5) is 0 Å². The quantitative estimate of drug-likeness (QED) is 0.873. The lowest BCUT2D eigenvalue weighted by Gasteiger charge is -2.35. The Balaban J connectivity index is 1.80. The van der Waals surface area contributed by atoms with Crippen LogP contribution in [0.3, 0.4) is 0 Å². The molecule has 0 spiro atoms. The molecule has 0 bridgehead atoms. The summed E-state index contributed by atoms with van der Waals surface area (Å²) >= 11 is 0. The average molecular weight is 306 g/mol. The third-order valence-corrected chi connectivity index (χ3v) is 4.33. The number of imidazole rings is 1. The number of aromatic nitrogens is 2. The predicted octanol–water partition coefficient (Wildman–Crippen LogP) is 0.329. The molecule has 7 heteroatoms. The number of carbonyl (C=O) groups excluding carboxylic acids is 2. The lowest BCUT2D eigenvalue weighted by molar-refractivity contribution is -0.150. The number of ether oxygens (including phenoxy) is 1. The van der Waals surface area contributed by atoms with Crippen molar-refractivity contribution in [1.29, 1.82) is 0 Å². The van der Waals surface area contributed by atoms with Crippen LogP contribution in [0.25, 0.3) is 0 Å². The number of rotatable bonds is 3. The van der Waals surface area contributed by atoms with Gasteiger partial charge in [-0.2, -0.15) is 0 Å². The third-order valence-electron chi connectivity index (χ3n) is 4.33. The first-order valence-corrected chi connectivity index (χ1v) is 7.89. The van der Waals surface area contributed by atoms with E-state index < -0.39 is 0 Å². The standard InChI is InChI=1S/C15H22N4O3/c1-2-18-7-6-17-14(18)13-11(4-3-9-22-13)15(21)19-8-5-16-12(20)10-19/h6-7,11,13H,2-5,8-10H2,1H3,(H,16,20)/t11-,13-/m1/s1. The van der Waals surface area contributed by atoms with E-state index in [-0.39, 0.29) is 30.4 Å². The highest BCUT2D eigenvalue weighted by Crippen LogP contribution is 2.34. The molecule has 1 aromatic rings. The van der Waals surface area contributed by atoms with Crippen LogP contribution in [0.1, 0.15) is 31.7 Å². The molecular weight excluding hydrogens is 284 g/mol. The van der Waals surface area contributed by atoms with Crippen LogP contribution in [0, 0.1) is 5.92 Å². The predicted molar refractivity (Wildman–Crippen MR) is 78.9 cm³/mol. The van der Waals surface area contributed by atoms with Gasteiger partial charge in [-0.1, -0.05) is 0 Å². The lowest BCUT2D eigenvalue weighted by Crippen LogP contribution is -2.52. The molecule has 3 heterocycles. The molecule has 0 unspecified atom stereocenters. The van der Waals surface area contributed by atoms with Gasteiger partial charge in [0.1, 0.15) is 11.9 Å². The first-order valence-electron chi connectivity index (χ1n) is 7.89. The Morgan fingerprint density at radius 3 is 3.18 bits per heavy atom. The van der Waals surface area contributed by atoms with E-state index in [4.69, 9.17) is 4.74 Å². The first-order chi connectivity index (χ1) is 10.7. The summed E-state index contributed by atoms with van der Waals surface area (Å²) in [7, 11) is 0. The molecule has 1 N–H and O–H groups in total. The van der Waals surface area contributed by atoms with Gasteiger partial charge in [-0.3, -0.25) is 9.59 Å². The lowest BCUT2D eigenvalue weighted by atomic mass is 9.91. The monoisotopic (exact) mass is 306 g/mol. The maximum absolute atomic E-state index is 12.8. The Morgan fingerprint density at radius 1 is 1.55 bits per heavy atom. The van der Waals surface area contributed by atoms with Crippen molar-refractivity contribution in [2.24, 2.45) is 5.92 Å². The second kappa shape index (κ2) is 6.48. The molecule has 120 valence electrons. The molecule has 3 rings (SSSR count). The van der Waals surface area contributed by atoms with Crippen molar-refractivity contribution in [2.75, 3.05) is 26.2 Å². The highest BCUT2D eigenvalue weighted by Gasteiger charge is 2.38. The summed E-state index contributed by atoms with van der Waals surface area (Å²) in [6.45, 7) is 4.71. The van der Waals surface area contributed by atoms with Crippen molar-refractivity contribution >= 4 is 11.8 Å². The van der Waals surface area contributed by atoms with Crippen molar-refractivity contribution in [3.05, 3.63) is 18.2 Å². The van der Waals surface area contributed by atoms with E-state index in [1.54, 1.807) is 11.1 Å². The Hall–Kier alpha value is -1.89. The van der Waals surface area contributed by atoms with E-state index >= 15 is 0 Å². The molecule has 0 saturated carbocycles. The highest BCUT2D eigenvalue weighted by atomic mass is 16.5. The van der Waals surface area contributed by atoms with E-state index in [2.05, 4.69) is 10.3 Å². The zero-order valence-electron chi connectivity index (χ0n) is 12.8. The Morgan fingerprint density at radius 2 is 2.41 bits per heavy atom. The Bertz CT molecular complexity index is 557. The zero-order chi connectivity index (χ0) is 15.5. The van der Waals surface area contributed by atoms with Gasteiger partial charge >= 0.3 is 0 Å². The van der Waals surface area contributed by atoms with Gasteiger partial charge in [0.15, 0.2) is 0 Å². The van der Waals surface area contributed by atoms with E-state index in [0.717, 1.165) is 25.2 Å². The molecule has 2 aliphatic rings. The minimum atomic E-state index is -0.318. The van der Waals surface area contributed by atoms with Crippen molar-refractivity contribution in [1.82, 2.24) is 19.8 Å². The van der Waals surface area contributed by atoms with Crippen LogP contribution in [-0.4, -0.2) is 52.5 Å². The maximum atomic E-state index is 12.8. The number of hydrogen-bond donors (Lipinski definition) is 1. The molecule has 2 amide bonds. The SMILES string of the molecule is CCn1ccnc1[C@@H]1OCCC[C@H]1C(=O)N1CCNC(=O)C1. The molecule has 2 aliphatic heterocycles. The first kappa shape index (κ1) is 15.0. The van der Waals surface area contributed by atoms with Crippen molar-refractivity contribution in [2.45, 2.75) is 32.4 Å². The number of hydrogen-bond acceptors (Lipinski definition) is 4. The number of carbonyl (C=O) groups is 2. The van der Waals surface area contributed by atoms with E-state index in [0.29, 0.717) is 19.7 Å². The van der Waals surface area contributed by atoms with E-state index in [9.17, 15) is 9.59 Å². The van der Waals surface area contributed by atoms with Gasteiger partial charge in [-0.05, 0) is 19.8 Å². The second-order valence-corrected chi connectivity index (χ2v) is 5.72. The van der Waals surface area contributed by atoms with Gasteiger partial charge in [0, 0.05) is 38.6 Å². The van der Waals surface area contributed by atoms with Crippen molar-refractivity contribution < 1.29 is 14.3 Å². The summed E-state index contributed by atoms with van der Waals surface area (Å²) in [5.74, 6) is 0.461. The molecule has 22 heavy (non-hydrogen) atoms. The van der Waals surface area contributed by atoms with Gasteiger partial charge < -0.3 is 19.5 Å². The third kappa shape index (κ3) is 2.85. The van der Waals surface area contributed by atoms with Gasteiger partial charge in [0.2, 0.25) is 11.8 Å². The van der Waals surface area contributed by atoms with Crippen LogP contribution in [0.2, 0.25) is 0 Å². The zero-order valence-corrected chi connectivity index (χ0v) is 12.8. The molecule has 2 saturated heterocycles. The summed E-state index contributed by atoms with van der Waals surface area (Å²) in [6, 6.07) is 0. The number of nitrogens with one attached hydrogen (secondary N) is 1. The van der Waals surface area contributed by atoms with Crippen LogP contribution in [0.15, 0.2) is 12.4 Å². The van der Waals surface area contributed by atoms with Crippen LogP contribution in [-0.2, 0) is 20.9 Å². The number of amides is 2. The fraction of sp³-hybridized carbons (Fsp3) is 0.667. The largest absolute Gasteiger partial charge is 0.369 e. The topological polar surface area (TPSA) is 76.5 Å². The summed E-state index contributed by atoms with van der Waals surface area (Å²) in [6.07, 6.45) is 4.97. The minimum Gasteiger partial charge on any atom is -0.369 e. The van der Waals surface area contributed by atoms with Gasteiger partial charge in [0.25, 0.3) is 0 Å².